The zero-order valence-corrected chi connectivity index (χ0v) is 12.6. The van der Waals surface area contributed by atoms with E-state index in [1.54, 1.807) is 0 Å². The van der Waals surface area contributed by atoms with E-state index in [0.29, 0.717) is 12.5 Å². The topological polar surface area (TPSA) is 72.6 Å². The first-order chi connectivity index (χ1) is 10.8. The fourth-order valence-electron chi connectivity index (χ4n) is 3.10. The van der Waals surface area contributed by atoms with Gasteiger partial charge in [0.15, 0.2) is 11.5 Å². The van der Waals surface area contributed by atoms with Gasteiger partial charge >= 0.3 is 5.97 Å². The zero-order chi connectivity index (χ0) is 15.1. The molecule has 2 fully saturated rings. The van der Waals surface area contributed by atoms with Gasteiger partial charge in [-0.15, -0.1) is 15.3 Å². The molecule has 2 aromatic heterocycles. The molecule has 1 aliphatic heterocycles. The number of anilines is 1. The highest BCUT2D eigenvalue weighted by atomic mass is 16.5. The Morgan fingerprint density at radius 1 is 1.27 bits per heavy atom. The van der Waals surface area contributed by atoms with Gasteiger partial charge in [-0.25, -0.2) is 0 Å². The summed E-state index contributed by atoms with van der Waals surface area (Å²) in [6.07, 6.45) is 4.18. The minimum absolute atomic E-state index is 0.0694. The first-order valence-corrected chi connectivity index (χ1v) is 7.81. The molecule has 22 heavy (non-hydrogen) atoms. The van der Waals surface area contributed by atoms with Gasteiger partial charge in [0, 0.05) is 19.0 Å². The van der Waals surface area contributed by atoms with Crippen LogP contribution in [-0.4, -0.2) is 46.0 Å². The molecule has 1 aliphatic carbocycles. The molecule has 0 aromatic carbocycles. The largest absolute Gasteiger partial charge is 0.469 e. The van der Waals surface area contributed by atoms with Gasteiger partial charge in [-0.2, -0.15) is 4.52 Å². The highest BCUT2D eigenvalue weighted by Crippen LogP contribution is 2.38. The molecule has 3 heterocycles. The summed E-state index contributed by atoms with van der Waals surface area (Å²) in [5, 5.41) is 13.1. The van der Waals surface area contributed by atoms with Crippen LogP contribution in [0, 0.1) is 5.92 Å². The lowest BCUT2D eigenvalue weighted by Crippen LogP contribution is -2.39. The van der Waals surface area contributed by atoms with E-state index in [4.69, 9.17) is 9.84 Å². The van der Waals surface area contributed by atoms with E-state index in [2.05, 4.69) is 15.1 Å². The molecule has 7 nitrogen and oxygen atoms in total. The van der Waals surface area contributed by atoms with Crippen molar-refractivity contribution in [2.75, 3.05) is 25.1 Å². The molecular weight excluding hydrogens is 282 g/mol. The second kappa shape index (κ2) is 5.23. The summed E-state index contributed by atoms with van der Waals surface area (Å²) >= 11 is 0. The highest BCUT2D eigenvalue weighted by molar-refractivity contribution is 5.73. The SMILES string of the molecule is COC(=O)[C@H]1CCCN(c2ccc3nnc(C4CC4)n3n2)C1. The molecule has 7 heteroatoms. The summed E-state index contributed by atoms with van der Waals surface area (Å²) in [5.41, 5.74) is 0.784. The summed E-state index contributed by atoms with van der Waals surface area (Å²) in [5.74, 6) is 2.14. The van der Waals surface area contributed by atoms with Gasteiger partial charge in [-0.1, -0.05) is 0 Å². The molecule has 0 unspecified atom stereocenters. The van der Waals surface area contributed by atoms with Crippen LogP contribution in [0.3, 0.4) is 0 Å². The van der Waals surface area contributed by atoms with E-state index in [9.17, 15) is 4.79 Å². The van der Waals surface area contributed by atoms with E-state index in [1.807, 2.05) is 16.6 Å². The van der Waals surface area contributed by atoms with Gasteiger partial charge in [0.25, 0.3) is 0 Å². The first-order valence-electron chi connectivity index (χ1n) is 7.81. The normalized spacial score (nSPS) is 22.0. The van der Waals surface area contributed by atoms with Crippen LogP contribution >= 0.6 is 0 Å². The summed E-state index contributed by atoms with van der Waals surface area (Å²) in [7, 11) is 1.45. The number of hydrogen-bond donors (Lipinski definition) is 0. The number of carbonyl (C=O) groups excluding carboxylic acids is 1. The monoisotopic (exact) mass is 301 g/mol. The van der Waals surface area contributed by atoms with Crippen LogP contribution in [0.5, 0.6) is 0 Å². The van der Waals surface area contributed by atoms with Crippen molar-refractivity contribution in [2.45, 2.75) is 31.6 Å². The Balaban J connectivity index is 1.62. The molecule has 4 rings (SSSR count). The molecular formula is C15H19N5O2. The predicted octanol–water partition coefficient (Wildman–Crippen LogP) is 1.39. The molecule has 0 amide bonds. The van der Waals surface area contributed by atoms with Crippen LogP contribution in [0.25, 0.3) is 5.65 Å². The van der Waals surface area contributed by atoms with E-state index in [-0.39, 0.29) is 11.9 Å². The molecule has 1 saturated carbocycles. The standard InChI is InChI=1S/C15H19N5O2/c1-22-15(21)11-3-2-8-19(9-11)13-7-6-12-16-17-14(10-4-5-10)20(12)18-13/h6-7,10-11H,2-5,8-9H2,1H3/t11-/m0/s1. The second-order valence-electron chi connectivity index (χ2n) is 6.10. The van der Waals surface area contributed by atoms with Gasteiger partial charge in [-0.3, -0.25) is 4.79 Å². The maximum Gasteiger partial charge on any atom is 0.310 e. The fourth-order valence-corrected chi connectivity index (χ4v) is 3.10. The number of ether oxygens (including phenoxy) is 1. The summed E-state index contributed by atoms with van der Waals surface area (Å²) < 4.78 is 6.74. The summed E-state index contributed by atoms with van der Waals surface area (Å²) in [6.45, 7) is 1.57. The van der Waals surface area contributed by atoms with Crippen molar-refractivity contribution < 1.29 is 9.53 Å². The Kier molecular flexibility index (Phi) is 3.20. The predicted molar refractivity (Wildman–Crippen MR) is 79.7 cm³/mol. The van der Waals surface area contributed by atoms with Crippen molar-refractivity contribution in [3.63, 3.8) is 0 Å². The number of esters is 1. The average Bonchev–Trinajstić information content (AvgIpc) is 3.33. The van der Waals surface area contributed by atoms with Gasteiger partial charge in [0.2, 0.25) is 0 Å². The first kappa shape index (κ1) is 13.5. The summed E-state index contributed by atoms with van der Waals surface area (Å²) in [6, 6.07) is 3.91. The minimum Gasteiger partial charge on any atom is -0.469 e. The highest BCUT2D eigenvalue weighted by Gasteiger charge is 2.30. The van der Waals surface area contributed by atoms with Gasteiger partial charge in [0.05, 0.1) is 13.0 Å². The third kappa shape index (κ3) is 2.30. The van der Waals surface area contributed by atoms with Gasteiger partial charge < -0.3 is 9.64 Å². The molecule has 2 aliphatic rings. The van der Waals surface area contributed by atoms with Crippen LogP contribution < -0.4 is 4.90 Å². The lowest BCUT2D eigenvalue weighted by Gasteiger charge is -2.32. The Labute approximate surface area is 128 Å². The maximum absolute atomic E-state index is 11.8. The Hall–Kier alpha value is -2.18. The van der Waals surface area contributed by atoms with Crippen LogP contribution in [0.1, 0.15) is 37.4 Å². The smallest absolute Gasteiger partial charge is 0.310 e. The van der Waals surface area contributed by atoms with Gasteiger partial charge in [0.1, 0.15) is 5.82 Å². The molecule has 0 spiro atoms. The minimum atomic E-state index is -0.131. The number of methoxy groups -OCH3 is 1. The molecule has 1 atom stereocenters. The van der Waals surface area contributed by atoms with Gasteiger partial charge in [-0.05, 0) is 37.8 Å². The van der Waals surface area contributed by atoms with Crippen molar-refractivity contribution >= 4 is 17.4 Å². The molecule has 2 aromatic rings. The van der Waals surface area contributed by atoms with Crippen molar-refractivity contribution in [2.24, 2.45) is 5.92 Å². The van der Waals surface area contributed by atoms with E-state index >= 15 is 0 Å². The van der Waals surface area contributed by atoms with E-state index in [1.165, 1.54) is 20.0 Å². The zero-order valence-electron chi connectivity index (χ0n) is 12.6. The van der Waals surface area contributed by atoms with Crippen LogP contribution in [0.2, 0.25) is 0 Å². The van der Waals surface area contributed by atoms with Crippen molar-refractivity contribution in [1.29, 1.82) is 0 Å². The molecule has 116 valence electrons. The molecule has 0 radical (unpaired) electrons. The molecule has 0 bridgehead atoms. The summed E-state index contributed by atoms with van der Waals surface area (Å²) in [4.78, 5) is 13.9. The number of nitrogens with zero attached hydrogens (tertiary/aromatic N) is 5. The van der Waals surface area contributed by atoms with Crippen molar-refractivity contribution in [3.05, 3.63) is 18.0 Å². The number of rotatable bonds is 3. The van der Waals surface area contributed by atoms with Crippen molar-refractivity contribution in [1.82, 2.24) is 19.8 Å². The Bertz CT molecular complexity index is 709. The van der Waals surface area contributed by atoms with Crippen LogP contribution in [0.15, 0.2) is 12.1 Å². The van der Waals surface area contributed by atoms with Crippen LogP contribution in [0.4, 0.5) is 5.82 Å². The third-order valence-electron chi connectivity index (χ3n) is 4.50. The van der Waals surface area contributed by atoms with Crippen molar-refractivity contribution in [3.8, 4) is 0 Å². The number of piperidine rings is 1. The number of fused-ring (bicyclic) bond motifs is 1. The number of aromatic nitrogens is 4. The molecule has 1 saturated heterocycles. The number of hydrogen-bond acceptors (Lipinski definition) is 6. The maximum atomic E-state index is 11.8. The average molecular weight is 301 g/mol. The number of carbonyl (C=O) groups is 1. The lowest BCUT2D eigenvalue weighted by atomic mass is 9.98. The van der Waals surface area contributed by atoms with E-state index in [0.717, 1.165) is 36.7 Å². The Morgan fingerprint density at radius 2 is 2.14 bits per heavy atom. The fraction of sp³-hybridized carbons (Fsp3) is 0.600. The quantitative estimate of drug-likeness (QED) is 0.798. The van der Waals surface area contributed by atoms with E-state index < -0.39 is 0 Å². The second-order valence-corrected chi connectivity index (χ2v) is 6.10. The third-order valence-corrected chi connectivity index (χ3v) is 4.50. The molecule has 0 N–H and O–H groups in total. The lowest BCUT2D eigenvalue weighted by molar-refractivity contribution is -0.145. The Morgan fingerprint density at radius 3 is 2.91 bits per heavy atom. The van der Waals surface area contributed by atoms with Crippen LogP contribution in [-0.2, 0) is 9.53 Å².